The van der Waals surface area contributed by atoms with Gasteiger partial charge in [-0.1, -0.05) is 0 Å². The molecular weight excluding hydrogens is 350 g/mol. The monoisotopic (exact) mass is 373 g/mol. The van der Waals surface area contributed by atoms with Gasteiger partial charge < -0.3 is 15.7 Å². The number of benzene rings is 1. The van der Waals surface area contributed by atoms with E-state index in [0.717, 1.165) is 19.5 Å². The molecule has 3 rings (SSSR count). The minimum absolute atomic E-state index is 0.106. The van der Waals surface area contributed by atoms with Crippen molar-refractivity contribution >= 4 is 28.8 Å². The first-order chi connectivity index (χ1) is 12.4. The van der Waals surface area contributed by atoms with Crippen LogP contribution >= 0.6 is 11.3 Å². The van der Waals surface area contributed by atoms with Crippen LogP contribution < -0.4 is 10.6 Å². The largest absolute Gasteiger partial charge is 0.507 e. The average Bonchev–Trinajstić information content (AvgIpc) is 3.08. The minimum Gasteiger partial charge on any atom is -0.507 e. The summed E-state index contributed by atoms with van der Waals surface area (Å²) in [6, 6.07) is 6.81. The van der Waals surface area contributed by atoms with Gasteiger partial charge in [0.25, 0.3) is 5.91 Å². The first-order valence-electron chi connectivity index (χ1n) is 8.62. The van der Waals surface area contributed by atoms with Gasteiger partial charge >= 0.3 is 0 Å². The molecule has 6 nitrogen and oxygen atoms in total. The van der Waals surface area contributed by atoms with Crippen LogP contribution in [0.3, 0.4) is 0 Å². The molecule has 0 fully saturated rings. The lowest BCUT2D eigenvalue weighted by Crippen LogP contribution is -2.44. The van der Waals surface area contributed by atoms with Crippen molar-refractivity contribution in [3.05, 3.63) is 45.6 Å². The number of carbonyl (C=O) groups excluding carboxylic acids is 2. The molecule has 3 N–H and O–H groups in total. The van der Waals surface area contributed by atoms with Gasteiger partial charge in [0.15, 0.2) is 0 Å². The van der Waals surface area contributed by atoms with E-state index in [4.69, 9.17) is 0 Å². The van der Waals surface area contributed by atoms with Gasteiger partial charge in [-0.15, -0.1) is 11.3 Å². The normalized spacial score (nSPS) is 15.2. The van der Waals surface area contributed by atoms with Crippen molar-refractivity contribution in [2.24, 2.45) is 0 Å². The summed E-state index contributed by atoms with van der Waals surface area (Å²) in [5.74, 6) is -0.687. The number of nitrogens with one attached hydrogen (secondary N) is 2. The number of carbonyl (C=O) groups is 2. The van der Waals surface area contributed by atoms with E-state index in [1.165, 1.54) is 29.5 Å². The Bertz CT molecular complexity index is 818. The lowest BCUT2D eigenvalue weighted by atomic mass is 10.1. The minimum atomic E-state index is -0.352. The Morgan fingerprint density at radius 1 is 1.35 bits per heavy atom. The number of phenolic OH excluding ortho intramolecular Hbond substituents is 1. The van der Waals surface area contributed by atoms with Crippen molar-refractivity contribution in [1.29, 1.82) is 0 Å². The molecule has 2 aromatic rings. The molecule has 1 aromatic heterocycles. The van der Waals surface area contributed by atoms with Crippen molar-refractivity contribution in [3.8, 4) is 5.75 Å². The Hall–Kier alpha value is -2.38. The predicted molar refractivity (Wildman–Crippen MR) is 103 cm³/mol. The Morgan fingerprint density at radius 3 is 2.92 bits per heavy atom. The summed E-state index contributed by atoms with van der Waals surface area (Å²) in [7, 11) is 0. The maximum absolute atomic E-state index is 12.4. The number of hydrogen-bond acceptors (Lipinski definition) is 5. The molecular formula is C19H23N3O3S. The van der Waals surface area contributed by atoms with Crippen LogP contribution in [-0.2, 0) is 17.8 Å². The number of rotatable bonds is 5. The number of phenols is 1. The number of fused-ring (bicyclic) bond motifs is 1. The van der Waals surface area contributed by atoms with Crippen molar-refractivity contribution in [2.75, 3.05) is 18.4 Å². The van der Waals surface area contributed by atoms with Gasteiger partial charge in [0, 0.05) is 43.2 Å². The van der Waals surface area contributed by atoms with Gasteiger partial charge in [0.2, 0.25) is 5.91 Å². The highest BCUT2D eigenvalue weighted by Gasteiger charge is 2.22. The summed E-state index contributed by atoms with van der Waals surface area (Å²) in [5, 5.41) is 17.6. The molecule has 1 aliphatic rings. The van der Waals surface area contributed by atoms with Crippen LogP contribution in [0.25, 0.3) is 0 Å². The first kappa shape index (κ1) is 18.4. The third-order valence-electron chi connectivity index (χ3n) is 4.58. The lowest BCUT2D eigenvalue weighted by Gasteiger charge is -2.32. The molecule has 0 unspecified atom stereocenters. The standard InChI is InChI=1S/C19H23N3O3S/c1-12(22-7-5-18-14(11-22)6-8-26-18)10-20-19(25)16-9-15(21-13(2)23)3-4-17(16)24/h3-4,6,8-9,12,24H,5,7,10-11H2,1-2H3,(H,20,25)(H,21,23)/t12-/m1/s1. The smallest absolute Gasteiger partial charge is 0.255 e. The molecule has 1 aliphatic heterocycles. The Kier molecular flexibility index (Phi) is 5.58. The van der Waals surface area contributed by atoms with Crippen LogP contribution in [0.1, 0.15) is 34.6 Å². The highest BCUT2D eigenvalue weighted by molar-refractivity contribution is 7.10. The summed E-state index contributed by atoms with van der Waals surface area (Å²) in [6.45, 7) is 5.85. The van der Waals surface area contributed by atoms with E-state index in [0.29, 0.717) is 12.2 Å². The third-order valence-corrected chi connectivity index (χ3v) is 5.60. The fraction of sp³-hybridized carbons (Fsp3) is 0.368. The van der Waals surface area contributed by atoms with Crippen LogP contribution in [0.15, 0.2) is 29.6 Å². The zero-order valence-corrected chi connectivity index (χ0v) is 15.7. The summed E-state index contributed by atoms with van der Waals surface area (Å²) in [4.78, 5) is 27.4. The molecule has 2 amide bonds. The molecule has 0 aliphatic carbocycles. The van der Waals surface area contributed by atoms with Gasteiger partial charge in [0.1, 0.15) is 5.75 Å². The number of thiophene rings is 1. The summed E-state index contributed by atoms with van der Waals surface area (Å²) >= 11 is 1.81. The zero-order chi connectivity index (χ0) is 18.7. The van der Waals surface area contributed by atoms with Crippen molar-refractivity contribution in [3.63, 3.8) is 0 Å². The van der Waals surface area contributed by atoms with E-state index >= 15 is 0 Å². The molecule has 7 heteroatoms. The number of hydrogen-bond donors (Lipinski definition) is 3. The Balaban J connectivity index is 1.59. The van der Waals surface area contributed by atoms with Crippen molar-refractivity contribution in [1.82, 2.24) is 10.2 Å². The van der Waals surface area contributed by atoms with Crippen LogP contribution in [-0.4, -0.2) is 41.0 Å². The van der Waals surface area contributed by atoms with E-state index in [1.807, 2.05) is 11.3 Å². The SMILES string of the molecule is CC(=O)Nc1ccc(O)c(C(=O)NC[C@@H](C)N2CCc3sccc3C2)c1. The second-order valence-electron chi connectivity index (χ2n) is 6.56. The van der Waals surface area contributed by atoms with E-state index < -0.39 is 0 Å². The fourth-order valence-corrected chi connectivity index (χ4v) is 4.00. The van der Waals surface area contributed by atoms with Gasteiger partial charge in [-0.25, -0.2) is 0 Å². The highest BCUT2D eigenvalue weighted by atomic mass is 32.1. The van der Waals surface area contributed by atoms with Crippen molar-refractivity contribution < 1.29 is 14.7 Å². The van der Waals surface area contributed by atoms with E-state index in [9.17, 15) is 14.7 Å². The van der Waals surface area contributed by atoms with Crippen molar-refractivity contribution in [2.45, 2.75) is 32.9 Å². The van der Waals surface area contributed by atoms with Gasteiger partial charge in [-0.3, -0.25) is 14.5 Å². The lowest BCUT2D eigenvalue weighted by molar-refractivity contribution is -0.114. The molecule has 0 bridgehead atoms. The first-order valence-corrected chi connectivity index (χ1v) is 9.50. The third kappa shape index (κ3) is 4.23. The molecule has 1 aromatic carbocycles. The number of anilines is 1. The molecule has 0 radical (unpaired) electrons. The number of amides is 2. The topological polar surface area (TPSA) is 81.7 Å². The van der Waals surface area contributed by atoms with Crippen LogP contribution in [0, 0.1) is 0 Å². The molecule has 0 saturated carbocycles. The highest BCUT2D eigenvalue weighted by Crippen LogP contribution is 2.25. The second kappa shape index (κ2) is 7.88. The maximum Gasteiger partial charge on any atom is 0.255 e. The number of aromatic hydroxyl groups is 1. The molecule has 0 spiro atoms. The average molecular weight is 373 g/mol. The molecule has 1 atom stereocenters. The second-order valence-corrected chi connectivity index (χ2v) is 7.56. The fourth-order valence-electron chi connectivity index (χ4n) is 3.11. The Labute approximate surface area is 156 Å². The van der Waals surface area contributed by atoms with E-state index in [2.05, 4.69) is 33.9 Å². The van der Waals surface area contributed by atoms with Crippen LogP contribution in [0.5, 0.6) is 5.75 Å². The number of nitrogens with zero attached hydrogens (tertiary/aromatic N) is 1. The van der Waals surface area contributed by atoms with Gasteiger partial charge in [-0.2, -0.15) is 0 Å². The molecule has 138 valence electrons. The quantitative estimate of drug-likeness (QED) is 0.704. The van der Waals surface area contributed by atoms with Crippen LogP contribution in [0.2, 0.25) is 0 Å². The molecule has 2 heterocycles. The molecule has 0 saturated heterocycles. The predicted octanol–water partition coefficient (Wildman–Crippen LogP) is 2.59. The molecule has 26 heavy (non-hydrogen) atoms. The summed E-state index contributed by atoms with van der Waals surface area (Å²) in [6.07, 6.45) is 1.05. The van der Waals surface area contributed by atoms with Crippen LogP contribution in [0.4, 0.5) is 5.69 Å². The zero-order valence-electron chi connectivity index (χ0n) is 14.9. The van der Waals surface area contributed by atoms with E-state index in [-0.39, 0.29) is 29.2 Å². The maximum atomic E-state index is 12.4. The van der Waals surface area contributed by atoms with E-state index in [1.54, 1.807) is 6.07 Å². The van der Waals surface area contributed by atoms with Gasteiger partial charge in [0.05, 0.1) is 5.56 Å². The van der Waals surface area contributed by atoms with Gasteiger partial charge in [-0.05, 0) is 48.6 Å². The summed E-state index contributed by atoms with van der Waals surface area (Å²) in [5.41, 5.74) is 2.01. The Morgan fingerprint density at radius 2 is 2.15 bits per heavy atom. The summed E-state index contributed by atoms with van der Waals surface area (Å²) < 4.78 is 0.